The molecular formula is C12H11F2N3OS2. The van der Waals surface area contributed by atoms with Crippen molar-refractivity contribution in [2.45, 2.75) is 24.6 Å². The van der Waals surface area contributed by atoms with Crippen LogP contribution in [0.1, 0.15) is 20.9 Å². The molecule has 0 aliphatic carbocycles. The highest BCUT2D eigenvalue weighted by molar-refractivity contribution is 7.99. The van der Waals surface area contributed by atoms with Crippen LogP contribution in [0.2, 0.25) is 0 Å². The van der Waals surface area contributed by atoms with Crippen LogP contribution in [0.3, 0.4) is 0 Å². The maximum Gasteiger partial charge on any atom is 0.290 e. The van der Waals surface area contributed by atoms with E-state index in [9.17, 15) is 13.6 Å². The van der Waals surface area contributed by atoms with Gasteiger partial charge in [-0.25, -0.2) is 9.97 Å². The number of nitrogens with zero attached hydrogens (tertiary/aromatic N) is 2. The van der Waals surface area contributed by atoms with E-state index in [0.717, 1.165) is 10.6 Å². The van der Waals surface area contributed by atoms with Gasteiger partial charge in [-0.1, -0.05) is 0 Å². The number of thiazole rings is 1. The van der Waals surface area contributed by atoms with Gasteiger partial charge in [-0.3, -0.25) is 10.1 Å². The molecule has 0 atom stereocenters. The van der Waals surface area contributed by atoms with E-state index in [1.54, 1.807) is 0 Å². The van der Waals surface area contributed by atoms with Gasteiger partial charge in [0.15, 0.2) is 5.13 Å². The Morgan fingerprint density at radius 2 is 2.20 bits per heavy atom. The van der Waals surface area contributed by atoms with Crippen LogP contribution in [-0.2, 0) is 0 Å². The second-order valence-corrected chi connectivity index (χ2v) is 6.03. The second-order valence-electron chi connectivity index (χ2n) is 3.85. The number of pyridine rings is 1. The summed E-state index contributed by atoms with van der Waals surface area (Å²) in [6.07, 6.45) is 1.37. The van der Waals surface area contributed by atoms with Crippen LogP contribution in [0.15, 0.2) is 23.4 Å². The Morgan fingerprint density at radius 1 is 1.45 bits per heavy atom. The van der Waals surface area contributed by atoms with E-state index in [-0.39, 0.29) is 22.4 Å². The third-order valence-corrected chi connectivity index (χ3v) is 4.18. The minimum atomic E-state index is -2.62. The summed E-state index contributed by atoms with van der Waals surface area (Å²) in [5, 5.41) is 3.05. The Hall–Kier alpha value is -1.54. The molecule has 0 saturated heterocycles. The molecule has 4 nitrogen and oxygen atoms in total. The molecule has 2 aromatic heterocycles. The fourth-order valence-electron chi connectivity index (χ4n) is 1.43. The normalized spacial score (nSPS) is 10.8. The Bertz CT molecular complexity index is 611. The van der Waals surface area contributed by atoms with Gasteiger partial charge in [0, 0.05) is 11.1 Å². The molecule has 2 aromatic rings. The molecule has 0 aromatic carbocycles. The number of anilines is 1. The Balaban J connectivity index is 2.20. The lowest BCUT2D eigenvalue weighted by molar-refractivity contribution is 0.102. The first-order valence-electron chi connectivity index (χ1n) is 5.62. The van der Waals surface area contributed by atoms with E-state index in [1.807, 2.05) is 13.8 Å². The highest BCUT2D eigenvalue weighted by Crippen LogP contribution is 2.27. The molecule has 1 N–H and O–H groups in total. The zero-order chi connectivity index (χ0) is 14.7. The summed E-state index contributed by atoms with van der Waals surface area (Å²) >= 11 is 1.59. The van der Waals surface area contributed by atoms with E-state index >= 15 is 0 Å². The van der Waals surface area contributed by atoms with Gasteiger partial charge in [0.2, 0.25) is 0 Å². The summed E-state index contributed by atoms with van der Waals surface area (Å²) in [4.78, 5) is 21.1. The minimum absolute atomic E-state index is 0.00463. The molecule has 0 unspecified atom stereocenters. The lowest BCUT2D eigenvalue weighted by Crippen LogP contribution is -2.13. The van der Waals surface area contributed by atoms with Crippen molar-refractivity contribution < 1.29 is 13.6 Å². The fraction of sp³-hybridized carbons (Fsp3) is 0.250. The number of amides is 1. The number of aryl methyl sites for hydroxylation is 2. The van der Waals surface area contributed by atoms with E-state index in [1.165, 1.54) is 29.7 Å². The van der Waals surface area contributed by atoms with Crippen molar-refractivity contribution >= 4 is 34.1 Å². The average Bonchev–Trinajstić information content (AvgIpc) is 2.68. The van der Waals surface area contributed by atoms with Crippen molar-refractivity contribution in [2.75, 3.05) is 5.32 Å². The first-order valence-corrected chi connectivity index (χ1v) is 7.32. The summed E-state index contributed by atoms with van der Waals surface area (Å²) in [6, 6.07) is 2.99. The number of hydrogen-bond acceptors (Lipinski definition) is 5. The predicted molar refractivity (Wildman–Crippen MR) is 75.6 cm³/mol. The number of alkyl halides is 2. The molecule has 0 aliphatic rings. The SMILES string of the molecule is Cc1nc(NC(=O)c2cccnc2SC(F)F)sc1C. The Kier molecular flexibility index (Phi) is 4.66. The summed E-state index contributed by atoms with van der Waals surface area (Å²) in [5.74, 6) is -3.11. The zero-order valence-electron chi connectivity index (χ0n) is 10.7. The quantitative estimate of drug-likeness (QED) is 0.874. The van der Waals surface area contributed by atoms with Gasteiger partial charge in [0.05, 0.1) is 11.3 Å². The van der Waals surface area contributed by atoms with Gasteiger partial charge in [0.1, 0.15) is 5.03 Å². The summed E-state index contributed by atoms with van der Waals surface area (Å²) in [5.41, 5.74) is 0.946. The maximum atomic E-state index is 12.4. The zero-order valence-corrected chi connectivity index (χ0v) is 12.3. The number of carbonyl (C=O) groups is 1. The molecule has 106 valence electrons. The molecular weight excluding hydrogens is 304 g/mol. The molecule has 0 bridgehead atoms. The van der Waals surface area contributed by atoms with Crippen LogP contribution >= 0.6 is 23.1 Å². The van der Waals surface area contributed by atoms with Crippen LogP contribution < -0.4 is 5.32 Å². The lowest BCUT2D eigenvalue weighted by Gasteiger charge is -2.06. The second kappa shape index (κ2) is 6.27. The summed E-state index contributed by atoms with van der Waals surface area (Å²) < 4.78 is 24.9. The van der Waals surface area contributed by atoms with Gasteiger partial charge in [-0.15, -0.1) is 11.3 Å². The number of aromatic nitrogens is 2. The number of rotatable bonds is 4. The molecule has 8 heteroatoms. The third kappa shape index (κ3) is 3.51. The first kappa shape index (κ1) is 14.9. The first-order chi connectivity index (χ1) is 9.47. The number of carbonyl (C=O) groups excluding carboxylic acids is 1. The van der Waals surface area contributed by atoms with Crippen molar-refractivity contribution in [3.63, 3.8) is 0 Å². The van der Waals surface area contributed by atoms with Gasteiger partial charge in [-0.2, -0.15) is 8.78 Å². The van der Waals surface area contributed by atoms with Crippen LogP contribution in [0, 0.1) is 13.8 Å². The van der Waals surface area contributed by atoms with E-state index < -0.39 is 11.7 Å². The van der Waals surface area contributed by atoms with E-state index in [0.29, 0.717) is 5.13 Å². The number of hydrogen-bond donors (Lipinski definition) is 1. The highest BCUT2D eigenvalue weighted by Gasteiger charge is 2.17. The van der Waals surface area contributed by atoms with Crippen LogP contribution in [0.4, 0.5) is 13.9 Å². The maximum absolute atomic E-state index is 12.4. The molecule has 0 saturated carbocycles. The lowest BCUT2D eigenvalue weighted by atomic mass is 10.3. The van der Waals surface area contributed by atoms with Crippen molar-refractivity contribution in [2.24, 2.45) is 0 Å². The molecule has 1 amide bonds. The Labute approximate surface area is 122 Å². The van der Waals surface area contributed by atoms with E-state index in [4.69, 9.17) is 0 Å². The van der Waals surface area contributed by atoms with E-state index in [2.05, 4.69) is 15.3 Å². The predicted octanol–water partition coefficient (Wildman–Crippen LogP) is 3.72. The highest BCUT2D eigenvalue weighted by atomic mass is 32.2. The molecule has 0 aliphatic heterocycles. The monoisotopic (exact) mass is 315 g/mol. The molecule has 2 rings (SSSR count). The number of nitrogens with one attached hydrogen (secondary N) is 1. The van der Waals surface area contributed by atoms with Gasteiger partial charge in [-0.05, 0) is 37.7 Å². The summed E-state index contributed by atoms with van der Waals surface area (Å²) in [6.45, 7) is 3.73. The number of halogens is 2. The van der Waals surface area contributed by atoms with Gasteiger partial charge in [0.25, 0.3) is 11.7 Å². The van der Waals surface area contributed by atoms with Gasteiger partial charge >= 0.3 is 0 Å². The molecule has 20 heavy (non-hydrogen) atoms. The standard InChI is InChI=1S/C12H11F2N3OS2/c1-6-7(2)19-12(16-6)17-9(18)8-4-3-5-15-10(8)20-11(13)14/h3-5,11H,1-2H3,(H,16,17,18). The Morgan fingerprint density at radius 3 is 2.80 bits per heavy atom. The topological polar surface area (TPSA) is 54.9 Å². The van der Waals surface area contributed by atoms with Crippen molar-refractivity contribution in [1.29, 1.82) is 0 Å². The summed E-state index contributed by atoms with van der Waals surface area (Å²) in [7, 11) is 0. The molecule has 0 spiro atoms. The van der Waals surface area contributed by atoms with Crippen molar-refractivity contribution in [3.8, 4) is 0 Å². The van der Waals surface area contributed by atoms with Crippen LogP contribution in [-0.4, -0.2) is 21.6 Å². The fourth-order valence-corrected chi connectivity index (χ4v) is 2.82. The van der Waals surface area contributed by atoms with Crippen LogP contribution in [0.25, 0.3) is 0 Å². The molecule has 0 fully saturated rings. The van der Waals surface area contributed by atoms with Crippen molar-refractivity contribution in [1.82, 2.24) is 9.97 Å². The number of thioether (sulfide) groups is 1. The minimum Gasteiger partial charge on any atom is -0.298 e. The third-order valence-electron chi connectivity index (χ3n) is 2.47. The van der Waals surface area contributed by atoms with Crippen molar-refractivity contribution in [3.05, 3.63) is 34.5 Å². The van der Waals surface area contributed by atoms with Crippen LogP contribution in [0.5, 0.6) is 0 Å². The average molecular weight is 315 g/mol. The smallest absolute Gasteiger partial charge is 0.290 e. The largest absolute Gasteiger partial charge is 0.298 e. The molecule has 2 heterocycles. The molecule has 0 radical (unpaired) electrons. The van der Waals surface area contributed by atoms with Gasteiger partial charge < -0.3 is 0 Å².